The van der Waals surface area contributed by atoms with E-state index in [4.69, 9.17) is 5.11 Å². The SMILES string of the molecule is CCCCCCCCCCCCCC(=O)N1CC(C(=O)O)C1. The second kappa shape index (κ2) is 11.5. The van der Waals surface area contributed by atoms with Gasteiger partial charge in [-0.05, 0) is 6.42 Å². The van der Waals surface area contributed by atoms with E-state index < -0.39 is 5.97 Å². The van der Waals surface area contributed by atoms with Crippen molar-refractivity contribution in [2.24, 2.45) is 5.92 Å². The molecule has 0 aromatic carbocycles. The Labute approximate surface area is 135 Å². The van der Waals surface area contributed by atoms with E-state index in [2.05, 4.69) is 6.92 Å². The van der Waals surface area contributed by atoms with Crippen molar-refractivity contribution in [1.82, 2.24) is 4.90 Å². The van der Waals surface area contributed by atoms with Gasteiger partial charge in [-0.15, -0.1) is 0 Å². The fraction of sp³-hybridized carbons (Fsp3) is 0.889. The molecule has 1 heterocycles. The third-order valence-electron chi connectivity index (χ3n) is 4.58. The molecule has 0 aliphatic carbocycles. The molecule has 0 aromatic heterocycles. The molecule has 128 valence electrons. The zero-order valence-corrected chi connectivity index (χ0v) is 14.2. The van der Waals surface area contributed by atoms with Crippen molar-refractivity contribution in [2.45, 2.75) is 84.0 Å². The van der Waals surface area contributed by atoms with Gasteiger partial charge in [0.2, 0.25) is 5.91 Å². The Morgan fingerprint density at radius 3 is 1.77 bits per heavy atom. The van der Waals surface area contributed by atoms with Gasteiger partial charge in [-0.1, -0.05) is 71.1 Å². The quantitative estimate of drug-likeness (QED) is 0.518. The Morgan fingerprint density at radius 1 is 0.864 bits per heavy atom. The van der Waals surface area contributed by atoms with Crippen molar-refractivity contribution >= 4 is 11.9 Å². The van der Waals surface area contributed by atoms with Gasteiger partial charge in [-0.25, -0.2) is 0 Å². The van der Waals surface area contributed by atoms with Crippen LogP contribution in [0.2, 0.25) is 0 Å². The molecule has 4 heteroatoms. The number of carboxylic acids is 1. The summed E-state index contributed by atoms with van der Waals surface area (Å²) in [6.07, 6.45) is 14.7. The molecular weight excluding hydrogens is 278 g/mol. The van der Waals surface area contributed by atoms with E-state index in [1.54, 1.807) is 4.90 Å². The number of aliphatic carboxylic acids is 1. The lowest BCUT2D eigenvalue weighted by Crippen LogP contribution is -2.52. The predicted molar refractivity (Wildman–Crippen MR) is 88.8 cm³/mol. The minimum absolute atomic E-state index is 0.133. The first-order valence-electron chi connectivity index (χ1n) is 9.15. The molecule has 0 atom stereocenters. The standard InChI is InChI=1S/C18H33NO3/c1-2-3-4-5-6-7-8-9-10-11-12-13-17(20)19-14-16(15-19)18(21)22/h16H,2-15H2,1H3,(H,21,22). The summed E-state index contributed by atoms with van der Waals surface area (Å²) < 4.78 is 0. The molecule has 0 saturated carbocycles. The van der Waals surface area contributed by atoms with E-state index in [0.29, 0.717) is 19.5 Å². The highest BCUT2D eigenvalue weighted by atomic mass is 16.4. The molecular formula is C18H33NO3. The Balaban J connectivity index is 1.82. The average molecular weight is 311 g/mol. The number of carboxylic acid groups (broad SMARTS) is 1. The molecule has 1 aliphatic heterocycles. The maximum absolute atomic E-state index is 11.8. The summed E-state index contributed by atoms with van der Waals surface area (Å²) in [5.41, 5.74) is 0. The molecule has 0 spiro atoms. The maximum atomic E-state index is 11.8. The van der Waals surface area contributed by atoms with Gasteiger partial charge in [0.15, 0.2) is 0 Å². The Bertz CT molecular complexity index is 324. The van der Waals surface area contributed by atoms with Crippen molar-refractivity contribution in [3.63, 3.8) is 0 Å². The Hall–Kier alpha value is -1.06. The fourth-order valence-electron chi connectivity index (χ4n) is 2.94. The number of rotatable bonds is 13. The van der Waals surface area contributed by atoms with Crippen LogP contribution in [0.15, 0.2) is 0 Å². The molecule has 1 saturated heterocycles. The predicted octanol–water partition coefficient (Wildman–Crippen LogP) is 4.23. The van der Waals surface area contributed by atoms with Gasteiger partial charge in [-0.2, -0.15) is 0 Å². The van der Waals surface area contributed by atoms with Crippen LogP contribution in [0, 0.1) is 5.92 Å². The third kappa shape index (κ3) is 7.81. The highest BCUT2D eigenvalue weighted by Gasteiger charge is 2.34. The minimum atomic E-state index is -0.779. The summed E-state index contributed by atoms with van der Waals surface area (Å²) in [5.74, 6) is -0.978. The van der Waals surface area contributed by atoms with Crippen molar-refractivity contribution < 1.29 is 14.7 Å². The van der Waals surface area contributed by atoms with Gasteiger partial charge in [0, 0.05) is 19.5 Å². The molecule has 1 rings (SSSR count). The molecule has 1 amide bonds. The number of carbonyl (C=O) groups is 2. The first-order valence-corrected chi connectivity index (χ1v) is 9.15. The molecule has 1 N–H and O–H groups in total. The summed E-state index contributed by atoms with van der Waals surface area (Å²) >= 11 is 0. The van der Waals surface area contributed by atoms with Crippen LogP contribution in [0.25, 0.3) is 0 Å². The van der Waals surface area contributed by atoms with Crippen molar-refractivity contribution in [1.29, 1.82) is 0 Å². The van der Waals surface area contributed by atoms with Crippen molar-refractivity contribution in [2.75, 3.05) is 13.1 Å². The molecule has 0 aromatic rings. The molecule has 0 bridgehead atoms. The van der Waals surface area contributed by atoms with Gasteiger partial charge in [0.25, 0.3) is 0 Å². The number of hydrogen-bond acceptors (Lipinski definition) is 2. The Kier molecular flexibility index (Phi) is 9.93. The summed E-state index contributed by atoms with van der Waals surface area (Å²) in [6.45, 7) is 3.07. The lowest BCUT2D eigenvalue weighted by molar-refractivity contribution is -0.152. The van der Waals surface area contributed by atoms with Crippen molar-refractivity contribution in [3.8, 4) is 0 Å². The van der Waals surface area contributed by atoms with E-state index in [9.17, 15) is 9.59 Å². The minimum Gasteiger partial charge on any atom is -0.481 e. The fourth-order valence-corrected chi connectivity index (χ4v) is 2.94. The van der Waals surface area contributed by atoms with Gasteiger partial charge < -0.3 is 10.0 Å². The lowest BCUT2D eigenvalue weighted by Gasteiger charge is -2.36. The summed E-state index contributed by atoms with van der Waals surface area (Å²) in [4.78, 5) is 24.1. The largest absolute Gasteiger partial charge is 0.481 e. The molecule has 1 fully saturated rings. The third-order valence-corrected chi connectivity index (χ3v) is 4.58. The maximum Gasteiger partial charge on any atom is 0.310 e. The second-order valence-corrected chi connectivity index (χ2v) is 6.62. The Morgan fingerprint density at radius 2 is 1.32 bits per heavy atom. The normalized spacial score (nSPS) is 14.9. The number of unbranched alkanes of at least 4 members (excludes halogenated alkanes) is 10. The molecule has 1 aliphatic rings. The number of nitrogens with zero attached hydrogens (tertiary/aromatic N) is 1. The van der Waals surface area contributed by atoms with Crippen LogP contribution in [-0.4, -0.2) is 35.0 Å². The number of hydrogen-bond donors (Lipinski definition) is 1. The highest BCUT2D eigenvalue weighted by Crippen LogP contribution is 2.18. The lowest BCUT2D eigenvalue weighted by atomic mass is 9.99. The van der Waals surface area contributed by atoms with Gasteiger partial charge >= 0.3 is 5.97 Å². The highest BCUT2D eigenvalue weighted by molar-refractivity contribution is 5.80. The van der Waals surface area contributed by atoms with E-state index in [-0.39, 0.29) is 11.8 Å². The monoisotopic (exact) mass is 311 g/mol. The zero-order valence-electron chi connectivity index (χ0n) is 14.2. The number of amides is 1. The van der Waals surface area contributed by atoms with Crippen LogP contribution in [0.1, 0.15) is 84.0 Å². The van der Waals surface area contributed by atoms with Crippen LogP contribution < -0.4 is 0 Å². The van der Waals surface area contributed by atoms with Crippen LogP contribution in [0.4, 0.5) is 0 Å². The topological polar surface area (TPSA) is 57.6 Å². The first-order chi connectivity index (χ1) is 10.6. The van der Waals surface area contributed by atoms with Crippen LogP contribution in [0.5, 0.6) is 0 Å². The van der Waals surface area contributed by atoms with E-state index >= 15 is 0 Å². The van der Waals surface area contributed by atoms with Crippen LogP contribution in [0.3, 0.4) is 0 Å². The van der Waals surface area contributed by atoms with Crippen molar-refractivity contribution in [3.05, 3.63) is 0 Å². The summed E-state index contributed by atoms with van der Waals surface area (Å²) in [7, 11) is 0. The van der Waals surface area contributed by atoms with Crippen LogP contribution in [-0.2, 0) is 9.59 Å². The van der Waals surface area contributed by atoms with E-state index in [0.717, 1.165) is 12.8 Å². The summed E-state index contributed by atoms with van der Waals surface area (Å²) in [6, 6.07) is 0. The number of carbonyl (C=O) groups excluding carboxylic acids is 1. The van der Waals surface area contributed by atoms with E-state index in [1.165, 1.54) is 57.8 Å². The number of likely N-dealkylation sites (tertiary alicyclic amines) is 1. The summed E-state index contributed by atoms with van der Waals surface area (Å²) in [5, 5.41) is 8.77. The van der Waals surface area contributed by atoms with Crippen LogP contribution >= 0.6 is 0 Å². The van der Waals surface area contributed by atoms with E-state index in [1.807, 2.05) is 0 Å². The van der Waals surface area contributed by atoms with Gasteiger partial charge in [0.05, 0.1) is 5.92 Å². The second-order valence-electron chi connectivity index (χ2n) is 6.62. The molecule has 22 heavy (non-hydrogen) atoms. The molecule has 4 nitrogen and oxygen atoms in total. The molecule has 0 unspecified atom stereocenters. The molecule has 0 radical (unpaired) electrons. The smallest absolute Gasteiger partial charge is 0.310 e. The first kappa shape index (κ1) is 19.0. The average Bonchev–Trinajstić information content (AvgIpc) is 2.42. The van der Waals surface area contributed by atoms with Gasteiger partial charge in [-0.3, -0.25) is 9.59 Å². The zero-order chi connectivity index (χ0) is 16.2. The van der Waals surface area contributed by atoms with Gasteiger partial charge in [0.1, 0.15) is 0 Å².